The molecule has 1 N–H and O–H groups in total. The normalized spacial score (nSPS) is 37.6. The summed E-state index contributed by atoms with van der Waals surface area (Å²) in [6.45, 7) is 11.3. The van der Waals surface area contributed by atoms with Crippen molar-refractivity contribution in [3.05, 3.63) is 22.8 Å². The molecule has 1 amide bonds. The van der Waals surface area contributed by atoms with E-state index in [0.717, 1.165) is 44.1 Å². The van der Waals surface area contributed by atoms with Crippen molar-refractivity contribution in [1.29, 1.82) is 0 Å². The molecule has 6 heteroatoms. The van der Waals surface area contributed by atoms with Crippen molar-refractivity contribution in [1.82, 2.24) is 5.32 Å². The summed E-state index contributed by atoms with van der Waals surface area (Å²) in [5, 5.41) is 2.83. The van der Waals surface area contributed by atoms with Crippen molar-refractivity contribution in [3.63, 3.8) is 0 Å². The quantitative estimate of drug-likeness (QED) is 0.308. The first kappa shape index (κ1) is 26.8. The summed E-state index contributed by atoms with van der Waals surface area (Å²) in [5.41, 5.74) is 2.70. The van der Waals surface area contributed by atoms with Crippen molar-refractivity contribution in [2.24, 2.45) is 28.6 Å². The molecule has 4 aliphatic carbocycles. The average Bonchev–Trinajstić information content (AvgIpc) is 3.06. The van der Waals surface area contributed by atoms with E-state index >= 15 is 0 Å². The second-order valence-corrected chi connectivity index (χ2v) is 12.4. The van der Waals surface area contributed by atoms with E-state index in [-0.39, 0.29) is 52.3 Å². The van der Waals surface area contributed by atoms with Crippen molar-refractivity contribution >= 4 is 23.4 Å². The van der Waals surface area contributed by atoms with Crippen LogP contribution in [0.1, 0.15) is 99.3 Å². The Kier molecular flexibility index (Phi) is 7.38. The number of allylic oxidation sites excluding steroid dienone is 3. The molecule has 0 heterocycles. The zero-order valence-electron chi connectivity index (χ0n) is 22.9. The fourth-order valence-corrected chi connectivity index (χ4v) is 8.32. The predicted molar refractivity (Wildman–Crippen MR) is 138 cm³/mol. The monoisotopic (exact) mass is 497 g/mol. The average molecular weight is 498 g/mol. The van der Waals surface area contributed by atoms with Gasteiger partial charge in [0.25, 0.3) is 0 Å². The third-order valence-corrected chi connectivity index (χ3v) is 10.1. The summed E-state index contributed by atoms with van der Waals surface area (Å²) < 4.78 is 5.55. The number of nitrogens with one attached hydrogen (secondary N) is 1. The molecule has 3 saturated carbocycles. The molecule has 6 nitrogen and oxygen atoms in total. The van der Waals surface area contributed by atoms with Gasteiger partial charge in [-0.05, 0) is 86.5 Å². The van der Waals surface area contributed by atoms with Gasteiger partial charge >= 0.3 is 5.97 Å². The molecule has 198 valence electrons. The molecule has 0 unspecified atom stereocenters. The summed E-state index contributed by atoms with van der Waals surface area (Å²) in [7, 11) is 0. The lowest BCUT2D eigenvalue weighted by atomic mass is 9.47. The molecule has 4 rings (SSSR count). The molecule has 0 bridgehead atoms. The first-order valence-corrected chi connectivity index (χ1v) is 13.8. The maximum absolute atomic E-state index is 13.4. The van der Waals surface area contributed by atoms with E-state index in [1.165, 1.54) is 19.4 Å². The summed E-state index contributed by atoms with van der Waals surface area (Å²) in [6, 6.07) is -0.0674. The van der Waals surface area contributed by atoms with E-state index < -0.39 is 0 Å². The van der Waals surface area contributed by atoms with E-state index in [4.69, 9.17) is 4.74 Å². The minimum Gasteiger partial charge on any atom is -0.462 e. The number of rotatable bonds is 6. The molecule has 0 aromatic heterocycles. The van der Waals surface area contributed by atoms with Gasteiger partial charge in [-0.15, -0.1) is 0 Å². The highest BCUT2D eigenvalue weighted by Crippen LogP contribution is 2.65. The van der Waals surface area contributed by atoms with E-state index in [2.05, 4.69) is 25.2 Å². The third kappa shape index (κ3) is 4.72. The van der Waals surface area contributed by atoms with Crippen LogP contribution >= 0.6 is 0 Å². The van der Waals surface area contributed by atoms with Crippen molar-refractivity contribution in [2.75, 3.05) is 0 Å². The summed E-state index contributed by atoms with van der Waals surface area (Å²) in [5.74, 6) is 1.11. The first-order valence-electron chi connectivity index (χ1n) is 13.8. The molecular formula is C30H43NO5. The van der Waals surface area contributed by atoms with Crippen LogP contribution < -0.4 is 5.32 Å². The van der Waals surface area contributed by atoms with Crippen LogP contribution in [0.4, 0.5) is 0 Å². The van der Waals surface area contributed by atoms with Crippen molar-refractivity contribution in [3.8, 4) is 0 Å². The van der Waals surface area contributed by atoms with Gasteiger partial charge in [0.15, 0.2) is 11.6 Å². The van der Waals surface area contributed by atoms with Crippen molar-refractivity contribution in [2.45, 2.75) is 111 Å². The van der Waals surface area contributed by atoms with Gasteiger partial charge in [-0.2, -0.15) is 0 Å². The fraction of sp³-hybridized carbons (Fsp3) is 0.733. The highest BCUT2D eigenvalue weighted by molar-refractivity contribution is 6.08. The third-order valence-electron chi connectivity index (χ3n) is 10.1. The van der Waals surface area contributed by atoms with Gasteiger partial charge < -0.3 is 10.1 Å². The fourth-order valence-electron chi connectivity index (χ4n) is 8.32. The Morgan fingerprint density at radius 3 is 2.42 bits per heavy atom. The molecular weight excluding hydrogens is 454 g/mol. The Balaban J connectivity index is 1.54. The lowest BCUT2D eigenvalue weighted by molar-refractivity contribution is -0.148. The Bertz CT molecular complexity index is 1020. The number of ether oxygens (including phenoxy) is 1. The molecule has 7 atom stereocenters. The van der Waals surface area contributed by atoms with Gasteiger partial charge in [-0.3, -0.25) is 19.2 Å². The van der Waals surface area contributed by atoms with Crippen LogP contribution in [0.3, 0.4) is 0 Å². The van der Waals surface area contributed by atoms with Gasteiger partial charge in [-0.1, -0.05) is 25.5 Å². The summed E-state index contributed by atoms with van der Waals surface area (Å²) >= 11 is 0. The van der Waals surface area contributed by atoms with Crippen LogP contribution in [0.2, 0.25) is 0 Å². The molecule has 36 heavy (non-hydrogen) atoms. The van der Waals surface area contributed by atoms with Crippen LogP contribution in [0.5, 0.6) is 0 Å². The number of amides is 1. The number of fused-ring (bicyclic) bond motifs is 5. The number of esters is 1. The van der Waals surface area contributed by atoms with Gasteiger partial charge in [0, 0.05) is 44.7 Å². The second-order valence-electron chi connectivity index (χ2n) is 12.4. The van der Waals surface area contributed by atoms with Crippen LogP contribution in [0.15, 0.2) is 22.8 Å². The highest BCUT2D eigenvalue weighted by Gasteiger charge is 2.60. The molecule has 3 fully saturated rings. The Labute approximate surface area is 215 Å². The van der Waals surface area contributed by atoms with Crippen LogP contribution in [-0.4, -0.2) is 35.6 Å². The maximum atomic E-state index is 13.4. The Hall–Kier alpha value is -2.24. The Morgan fingerprint density at radius 1 is 1.06 bits per heavy atom. The van der Waals surface area contributed by atoms with E-state index in [9.17, 15) is 19.2 Å². The minimum absolute atomic E-state index is 0.0168. The SMILES string of the molecule is CC(=O)N[C@@H](C)CCC(=O)/C(C)=C1\C(=O)C[C@H]2[C@H]3CC=C4C[C@@H](OC(C)=O)CC[C@]4(C)[C@@H]3CC[C@]12C. The standard InChI is InChI=1S/C30H43NO5/c1-17(31-19(3)32)7-10-26(34)18(2)28-27(35)16-25-23-9-8-21-15-22(36-20(4)33)11-13-29(21,5)24(23)12-14-30(25,28)6/h8,17,22-25H,7,9-16H2,1-6H3,(H,31,32)/b28-18+/t17-,22-,23-,24+,25-,29-,30-/m0/s1. The maximum Gasteiger partial charge on any atom is 0.302 e. The van der Waals surface area contributed by atoms with Gasteiger partial charge in [0.1, 0.15) is 6.10 Å². The summed E-state index contributed by atoms with van der Waals surface area (Å²) in [6.07, 6.45) is 9.51. The Morgan fingerprint density at radius 2 is 1.75 bits per heavy atom. The topological polar surface area (TPSA) is 89.5 Å². The van der Waals surface area contributed by atoms with E-state index in [0.29, 0.717) is 36.7 Å². The lowest BCUT2D eigenvalue weighted by Crippen LogP contribution is -2.49. The highest BCUT2D eigenvalue weighted by atomic mass is 16.5. The number of hydrogen-bond donors (Lipinski definition) is 1. The molecule has 0 saturated heterocycles. The number of hydrogen-bond acceptors (Lipinski definition) is 5. The second kappa shape index (κ2) is 9.90. The number of ketones is 2. The molecule has 4 aliphatic rings. The van der Waals surface area contributed by atoms with Gasteiger partial charge in [0.05, 0.1) is 0 Å². The van der Waals surface area contributed by atoms with E-state index in [1.54, 1.807) is 0 Å². The van der Waals surface area contributed by atoms with Crippen molar-refractivity contribution < 1.29 is 23.9 Å². The first-order chi connectivity index (χ1) is 16.9. The van der Waals surface area contributed by atoms with E-state index in [1.807, 2.05) is 13.8 Å². The van der Waals surface area contributed by atoms with Crippen LogP contribution in [0, 0.1) is 28.6 Å². The lowest BCUT2D eigenvalue weighted by Gasteiger charge is -2.57. The van der Waals surface area contributed by atoms with Gasteiger partial charge in [-0.25, -0.2) is 0 Å². The molecule has 0 aromatic carbocycles. The van der Waals surface area contributed by atoms with Gasteiger partial charge in [0.2, 0.25) is 5.91 Å². The smallest absolute Gasteiger partial charge is 0.302 e. The number of carbonyl (C=O) groups is 4. The molecule has 0 spiro atoms. The molecule has 0 radical (unpaired) electrons. The molecule has 0 aliphatic heterocycles. The number of Topliss-reactive ketones (excluding diaryl/α,β-unsaturated/α-hetero) is 2. The minimum atomic E-state index is -0.252. The molecule has 0 aromatic rings. The predicted octanol–water partition coefficient (Wildman–Crippen LogP) is 5.25. The van der Waals surface area contributed by atoms with Crippen LogP contribution in [0.25, 0.3) is 0 Å². The number of carbonyl (C=O) groups excluding carboxylic acids is 4. The largest absolute Gasteiger partial charge is 0.462 e. The summed E-state index contributed by atoms with van der Waals surface area (Å²) in [4.78, 5) is 49.4. The zero-order valence-corrected chi connectivity index (χ0v) is 22.9. The van der Waals surface area contributed by atoms with Crippen LogP contribution in [-0.2, 0) is 23.9 Å². The zero-order chi connectivity index (χ0) is 26.4.